The van der Waals surface area contributed by atoms with Gasteiger partial charge in [-0.25, -0.2) is 4.79 Å². The first-order valence-corrected chi connectivity index (χ1v) is 12.1. The second-order valence-electron chi connectivity index (χ2n) is 7.41. The molecule has 0 fully saturated rings. The molecule has 0 atom stereocenters. The Morgan fingerprint density at radius 2 is 1.76 bits per heavy atom. The molecule has 0 radical (unpaired) electrons. The number of urea groups is 1. The molecule has 174 valence electrons. The van der Waals surface area contributed by atoms with Gasteiger partial charge < -0.3 is 10.6 Å². The number of benzene rings is 2. The standard InChI is InChI=1S/C24H21Cl2N5O2S/c1-3-17-12-19(22(32)18-6-4-5-7-20(18)26)23(34-17)31-14(2)29-30-21(31)13-27-24(33)28-16-10-8-15(25)9-11-16/h4-12H,3,13H2,1-2H3,(H2,27,28,33). The van der Waals surface area contributed by atoms with Crippen LogP contribution in [0.1, 0.15) is 39.4 Å². The number of ketones is 1. The number of halogens is 2. The van der Waals surface area contributed by atoms with Crippen LogP contribution in [-0.4, -0.2) is 26.6 Å². The van der Waals surface area contributed by atoms with Crippen molar-refractivity contribution in [3.63, 3.8) is 0 Å². The van der Waals surface area contributed by atoms with Crippen LogP contribution in [0.25, 0.3) is 5.00 Å². The van der Waals surface area contributed by atoms with Gasteiger partial charge in [-0.05, 0) is 55.8 Å². The fourth-order valence-electron chi connectivity index (χ4n) is 3.38. The van der Waals surface area contributed by atoms with E-state index >= 15 is 0 Å². The molecule has 2 aromatic carbocycles. The van der Waals surface area contributed by atoms with Crippen molar-refractivity contribution in [1.29, 1.82) is 0 Å². The summed E-state index contributed by atoms with van der Waals surface area (Å²) in [6, 6.07) is 15.3. The minimum absolute atomic E-state index is 0.110. The Morgan fingerprint density at radius 1 is 1.03 bits per heavy atom. The zero-order valence-corrected chi connectivity index (χ0v) is 20.8. The monoisotopic (exact) mass is 513 g/mol. The van der Waals surface area contributed by atoms with Crippen molar-refractivity contribution in [3.05, 3.63) is 92.3 Å². The number of aromatic nitrogens is 3. The van der Waals surface area contributed by atoms with E-state index in [2.05, 4.69) is 20.8 Å². The molecule has 2 amide bonds. The highest BCUT2D eigenvalue weighted by Gasteiger charge is 2.24. The maximum atomic E-state index is 13.4. The van der Waals surface area contributed by atoms with Crippen molar-refractivity contribution in [1.82, 2.24) is 20.1 Å². The Labute approximate surface area is 210 Å². The van der Waals surface area contributed by atoms with Gasteiger partial charge in [0.05, 0.1) is 17.1 Å². The molecule has 0 aliphatic carbocycles. The summed E-state index contributed by atoms with van der Waals surface area (Å²) in [6.45, 7) is 3.95. The van der Waals surface area contributed by atoms with Crippen LogP contribution in [0.3, 0.4) is 0 Å². The van der Waals surface area contributed by atoms with E-state index in [9.17, 15) is 9.59 Å². The molecular formula is C24H21Cl2N5O2S. The predicted octanol–water partition coefficient (Wildman–Crippen LogP) is 6.06. The number of carbonyl (C=O) groups is 2. The number of aryl methyl sites for hydroxylation is 2. The van der Waals surface area contributed by atoms with Gasteiger partial charge in [-0.15, -0.1) is 21.5 Å². The van der Waals surface area contributed by atoms with Crippen LogP contribution >= 0.6 is 34.5 Å². The van der Waals surface area contributed by atoms with Gasteiger partial charge in [-0.3, -0.25) is 9.36 Å². The lowest BCUT2D eigenvalue weighted by molar-refractivity contribution is 0.103. The molecule has 7 nitrogen and oxygen atoms in total. The molecule has 0 saturated carbocycles. The third kappa shape index (κ3) is 5.14. The van der Waals surface area contributed by atoms with E-state index in [1.54, 1.807) is 60.0 Å². The van der Waals surface area contributed by atoms with Gasteiger partial charge in [0.2, 0.25) is 0 Å². The summed E-state index contributed by atoms with van der Waals surface area (Å²) in [5, 5.41) is 15.6. The second kappa shape index (κ2) is 10.4. The molecule has 0 spiro atoms. The van der Waals surface area contributed by atoms with E-state index < -0.39 is 6.03 Å². The largest absolute Gasteiger partial charge is 0.331 e. The van der Waals surface area contributed by atoms with Gasteiger partial charge in [0, 0.05) is 21.2 Å². The molecule has 4 rings (SSSR count). The fourth-order valence-corrected chi connectivity index (χ4v) is 4.88. The summed E-state index contributed by atoms with van der Waals surface area (Å²) in [4.78, 5) is 26.8. The summed E-state index contributed by atoms with van der Waals surface area (Å²) >= 11 is 13.7. The van der Waals surface area contributed by atoms with E-state index in [1.807, 2.05) is 13.0 Å². The zero-order valence-electron chi connectivity index (χ0n) is 18.4. The smallest absolute Gasteiger partial charge is 0.319 e. The topological polar surface area (TPSA) is 88.9 Å². The first-order valence-electron chi connectivity index (χ1n) is 10.5. The molecule has 0 saturated heterocycles. The van der Waals surface area contributed by atoms with Gasteiger partial charge >= 0.3 is 6.03 Å². The van der Waals surface area contributed by atoms with E-state index in [0.717, 1.165) is 11.3 Å². The molecule has 2 heterocycles. The van der Waals surface area contributed by atoms with Gasteiger partial charge in [-0.1, -0.05) is 42.3 Å². The molecule has 2 N–H and O–H groups in total. The van der Waals surface area contributed by atoms with Crippen molar-refractivity contribution in [2.75, 3.05) is 5.32 Å². The van der Waals surface area contributed by atoms with Crippen LogP contribution in [0.15, 0.2) is 54.6 Å². The molecule has 0 bridgehead atoms. The summed E-state index contributed by atoms with van der Waals surface area (Å²) in [5.74, 6) is 0.929. The first kappa shape index (κ1) is 23.9. The number of carbonyl (C=O) groups excluding carboxylic acids is 2. The number of nitrogens with zero attached hydrogens (tertiary/aromatic N) is 3. The van der Waals surface area contributed by atoms with Crippen molar-refractivity contribution >= 4 is 52.0 Å². The van der Waals surface area contributed by atoms with Gasteiger partial charge in [0.25, 0.3) is 0 Å². The molecule has 0 aliphatic heterocycles. The SMILES string of the molecule is CCc1cc(C(=O)c2ccccc2Cl)c(-n2c(C)nnc2CNC(=O)Nc2ccc(Cl)cc2)s1. The minimum Gasteiger partial charge on any atom is -0.331 e. The lowest BCUT2D eigenvalue weighted by atomic mass is 10.0. The average molecular weight is 514 g/mol. The highest BCUT2D eigenvalue weighted by atomic mass is 35.5. The van der Waals surface area contributed by atoms with Crippen molar-refractivity contribution in [2.45, 2.75) is 26.8 Å². The molecule has 4 aromatic rings. The fraction of sp³-hybridized carbons (Fsp3) is 0.167. The van der Waals surface area contributed by atoms with Gasteiger partial charge in [0.15, 0.2) is 11.6 Å². The van der Waals surface area contributed by atoms with Crippen LogP contribution < -0.4 is 10.6 Å². The Kier molecular flexibility index (Phi) is 7.31. The minimum atomic E-state index is -0.401. The maximum absolute atomic E-state index is 13.4. The third-order valence-corrected chi connectivity index (χ3v) is 6.93. The van der Waals surface area contributed by atoms with Crippen LogP contribution in [-0.2, 0) is 13.0 Å². The number of rotatable bonds is 7. The predicted molar refractivity (Wildman–Crippen MR) is 136 cm³/mol. The maximum Gasteiger partial charge on any atom is 0.319 e. The summed E-state index contributed by atoms with van der Waals surface area (Å²) in [7, 11) is 0. The Morgan fingerprint density at radius 3 is 2.47 bits per heavy atom. The highest BCUT2D eigenvalue weighted by Crippen LogP contribution is 2.32. The van der Waals surface area contributed by atoms with Crippen LogP contribution in [0.5, 0.6) is 0 Å². The molecule has 0 aliphatic rings. The summed E-state index contributed by atoms with van der Waals surface area (Å²) in [5.41, 5.74) is 1.56. The summed E-state index contributed by atoms with van der Waals surface area (Å²) < 4.78 is 1.80. The number of amides is 2. The van der Waals surface area contributed by atoms with E-state index in [0.29, 0.717) is 43.5 Å². The Balaban J connectivity index is 1.61. The molecule has 10 heteroatoms. The average Bonchev–Trinajstić information content (AvgIpc) is 3.42. The van der Waals surface area contributed by atoms with Crippen LogP contribution in [0.4, 0.5) is 10.5 Å². The molecular weight excluding hydrogens is 493 g/mol. The lowest BCUT2D eigenvalue weighted by Gasteiger charge is -2.11. The van der Waals surface area contributed by atoms with Gasteiger partial charge in [-0.2, -0.15) is 0 Å². The van der Waals surface area contributed by atoms with Crippen molar-refractivity contribution < 1.29 is 9.59 Å². The van der Waals surface area contributed by atoms with E-state index in [1.165, 1.54) is 11.3 Å². The normalized spacial score (nSPS) is 10.8. The van der Waals surface area contributed by atoms with Gasteiger partial charge in [0.1, 0.15) is 10.8 Å². The van der Waals surface area contributed by atoms with E-state index in [-0.39, 0.29) is 12.3 Å². The second-order valence-corrected chi connectivity index (χ2v) is 9.37. The number of anilines is 1. The quantitative estimate of drug-likeness (QED) is 0.294. The Bertz CT molecular complexity index is 1350. The highest BCUT2D eigenvalue weighted by molar-refractivity contribution is 7.15. The van der Waals surface area contributed by atoms with Crippen LogP contribution in [0, 0.1) is 6.92 Å². The number of thiophene rings is 1. The summed E-state index contributed by atoms with van der Waals surface area (Å²) in [6.07, 6.45) is 0.770. The molecule has 0 unspecified atom stereocenters. The Hall–Kier alpha value is -3.20. The lowest BCUT2D eigenvalue weighted by Crippen LogP contribution is -2.29. The zero-order chi connectivity index (χ0) is 24.2. The molecule has 34 heavy (non-hydrogen) atoms. The molecule has 2 aromatic heterocycles. The van der Waals surface area contributed by atoms with Crippen molar-refractivity contribution in [2.24, 2.45) is 0 Å². The third-order valence-electron chi connectivity index (χ3n) is 5.08. The number of nitrogens with one attached hydrogen (secondary N) is 2. The number of hydrogen-bond acceptors (Lipinski definition) is 5. The van der Waals surface area contributed by atoms with Crippen LogP contribution in [0.2, 0.25) is 10.0 Å². The van der Waals surface area contributed by atoms with E-state index in [4.69, 9.17) is 23.2 Å². The number of hydrogen-bond donors (Lipinski definition) is 2. The van der Waals surface area contributed by atoms with Crippen molar-refractivity contribution in [3.8, 4) is 5.00 Å². The first-order chi connectivity index (χ1) is 16.4.